The summed E-state index contributed by atoms with van der Waals surface area (Å²) in [5.41, 5.74) is 0. The minimum absolute atomic E-state index is 0.377. The number of rotatable bonds is 3. The summed E-state index contributed by atoms with van der Waals surface area (Å²) in [4.78, 5) is 11.0. The highest BCUT2D eigenvalue weighted by molar-refractivity contribution is 5.83. The Kier molecular flexibility index (Phi) is 3.73. The van der Waals surface area contributed by atoms with Gasteiger partial charge in [-0.05, 0) is 31.2 Å². The summed E-state index contributed by atoms with van der Waals surface area (Å²) in [7, 11) is 1.58. The third-order valence-corrected chi connectivity index (χ3v) is 1.58. The second-order valence-electron chi connectivity index (χ2n) is 2.60. The molecule has 1 aromatic carbocycles. The number of benzene rings is 1. The molecule has 0 fully saturated rings. The molecule has 0 atom stereocenters. The smallest absolute Gasteiger partial charge is 0.335 e. The van der Waals surface area contributed by atoms with Crippen LogP contribution in [-0.4, -0.2) is 13.1 Å². The van der Waals surface area contributed by atoms with E-state index in [1.165, 1.54) is 6.08 Å². The van der Waals surface area contributed by atoms with E-state index >= 15 is 0 Å². The molecule has 0 heterocycles. The zero-order chi connectivity index (χ0) is 10.4. The summed E-state index contributed by atoms with van der Waals surface area (Å²) >= 11 is 0. The van der Waals surface area contributed by atoms with Crippen molar-refractivity contribution in [3.8, 4) is 11.5 Å². The van der Waals surface area contributed by atoms with Gasteiger partial charge in [-0.15, -0.1) is 0 Å². The van der Waals surface area contributed by atoms with E-state index in [1.807, 2.05) is 0 Å². The molecule has 74 valence electrons. The lowest BCUT2D eigenvalue weighted by Crippen LogP contribution is -2.03. The molecular formula is C11H12O3. The average molecular weight is 192 g/mol. The molecule has 0 amide bonds. The minimum atomic E-state index is -0.377. The number of hydrogen-bond acceptors (Lipinski definition) is 3. The molecule has 3 heteroatoms. The molecular weight excluding hydrogens is 180 g/mol. The van der Waals surface area contributed by atoms with Gasteiger partial charge in [0, 0.05) is 6.08 Å². The van der Waals surface area contributed by atoms with Crippen LogP contribution in [0.1, 0.15) is 6.92 Å². The van der Waals surface area contributed by atoms with Crippen molar-refractivity contribution < 1.29 is 14.3 Å². The van der Waals surface area contributed by atoms with Gasteiger partial charge in [0.2, 0.25) is 0 Å². The Morgan fingerprint density at radius 2 is 1.79 bits per heavy atom. The number of methoxy groups -OCH3 is 1. The first-order valence-electron chi connectivity index (χ1n) is 4.25. The van der Waals surface area contributed by atoms with Crippen LogP contribution in [0.4, 0.5) is 0 Å². The summed E-state index contributed by atoms with van der Waals surface area (Å²) in [6, 6.07) is 6.83. The first-order chi connectivity index (χ1) is 6.76. The molecule has 1 rings (SSSR count). The van der Waals surface area contributed by atoms with Crippen LogP contribution in [0.2, 0.25) is 0 Å². The summed E-state index contributed by atoms with van der Waals surface area (Å²) in [6.07, 6.45) is 3.00. The van der Waals surface area contributed by atoms with Crippen molar-refractivity contribution >= 4 is 5.97 Å². The van der Waals surface area contributed by atoms with E-state index < -0.39 is 0 Å². The molecule has 0 bridgehead atoms. The third kappa shape index (κ3) is 2.94. The number of carbonyl (C=O) groups is 1. The second-order valence-corrected chi connectivity index (χ2v) is 2.60. The highest BCUT2D eigenvalue weighted by Gasteiger charge is 1.99. The molecule has 0 saturated carbocycles. The molecule has 0 radical (unpaired) electrons. The lowest BCUT2D eigenvalue weighted by atomic mass is 10.3. The fourth-order valence-corrected chi connectivity index (χ4v) is 0.930. The number of allylic oxidation sites excluding steroid dienone is 1. The van der Waals surface area contributed by atoms with E-state index in [9.17, 15) is 4.79 Å². The summed E-state index contributed by atoms with van der Waals surface area (Å²) in [5, 5.41) is 0. The zero-order valence-electron chi connectivity index (χ0n) is 8.19. The van der Waals surface area contributed by atoms with Gasteiger partial charge >= 0.3 is 5.97 Å². The van der Waals surface area contributed by atoms with E-state index in [1.54, 1.807) is 44.4 Å². The highest BCUT2D eigenvalue weighted by Crippen LogP contribution is 2.16. The second kappa shape index (κ2) is 5.07. The van der Waals surface area contributed by atoms with E-state index in [-0.39, 0.29) is 5.97 Å². The van der Waals surface area contributed by atoms with Crippen LogP contribution in [-0.2, 0) is 4.79 Å². The molecule has 0 aliphatic rings. The van der Waals surface area contributed by atoms with Gasteiger partial charge in [0.15, 0.2) is 0 Å². The topological polar surface area (TPSA) is 35.5 Å². The van der Waals surface area contributed by atoms with Crippen molar-refractivity contribution in [2.24, 2.45) is 0 Å². The van der Waals surface area contributed by atoms with Gasteiger partial charge in [-0.3, -0.25) is 0 Å². The number of carbonyl (C=O) groups excluding carboxylic acids is 1. The lowest BCUT2D eigenvalue weighted by Gasteiger charge is -2.02. The fourth-order valence-electron chi connectivity index (χ4n) is 0.930. The van der Waals surface area contributed by atoms with Crippen LogP contribution in [0.5, 0.6) is 11.5 Å². The first kappa shape index (κ1) is 10.3. The van der Waals surface area contributed by atoms with E-state index in [2.05, 4.69) is 0 Å². The minimum Gasteiger partial charge on any atom is -0.497 e. The predicted octanol–water partition coefficient (Wildman–Crippen LogP) is 2.18. The maximum atomic E-state index is 11.0. The molecule has 0 N–H and O–H groups in total. The van der Waals surface area contributed by atoms with Crippen LogP contribution >= 0.6 is 0 Å². The molecule has 1 aromatic rings. The fraction of sp³-hybridized carbons (Fsp3) is 0.182. The van der Waals surface area contributed by atoms with Gasteiger partial charge in [0.05, 0.1) is 7.11 Å². The van der Waals surface area contributed by atoms with Crippen molar-refractivity contribution in [3.05, 3.63) is 36.4 Å². The van der Waals surface area contributed by atoms with E-state index in [4.69, 9.17) is 9.47 Å². The molecule has 0 saturated heterocycles. The van der Waals surface area contributed by atoms with Gasteiger partial charge in [-0.25, -0.2) is 4.79 Å². The maximum Gasteiger partial charge on any atom is 0.335 e. The van der Waals surface area contributed by atoms with Gasteiger partial charge in [-0.1, -0.05) is 6.08 Å². The molecule has 0 aliphatic carbocycles. The average Bonchev–Trinajstić information content (AvgIpc) is 2.19. The molecule has 14 heavy (non-hydrogen) atoms. The Morgan fingerprint density at radius 3 is 2.29 bits per heavy atom. The van der Waals surface area contributed by atoms with Gasteiger partial charge < -0.3 is 9.47 Å². The molecule has 3 nitrogen and oxygen atoms in total. The van der Waals surface area contributed by atoms with Crippen LogP contribution in [0.15, 0.2) is 36.4 Å². The Labute approximate surface area is 83.0 Å². The van der Waals surface area contributed by atoms with Crippen molar-refractivity contribution in [2.45, 2.75) is 6.92 Å². The Bertz CT molecular complexity index is 325. The van der Waals surface area contributed by atoms with Gasteiger partial charge in [0.25, 0.3) is 0 Å². The molecule has 0 spiro atoms. The zero-order valence-corrected chi connectivity index (χ0v) is 8.19. The van der Waals surface area contributed by atoms with Crippen LogP contribution in [0.25, 0.3) is 0 Å². The van der Waals surface area contributed by atoms with Crippen molar-refractivity contribution in [3.63, 3.8) is 0 Å². The Balaban J connectivity index is 2.64. The quantitative estimate of drug-likeness (QED) is 0.418. The Hall–Kier alpha value is -1.77. The number of ether oxygens (including phenoxy) is 2. The van der Waals surface area contributed by atoms with Crippen molar-refractivity contribution in [2.75, 3.05) is 7.11 Å². The predicted molar refractivity (Wildman–Crippen MR) is 53.4 cm³/mol. The summed E-state index contributed by atoms with van der Waals surface area (Å²) in [5.74, 6) is 0.863. The normalized spacial score (nSPS) is 10.1. The van der Waals surface area contributed by atoms with Gasteiger partial charge in [0.1, 0.15) is 11.5 Å². The highest BCUT2D eigenvalue weighted by atomic mass is 16.5. The largest absolute Gasteiger partial charge is 0.497 e. The number of esters is 1. The lowest BCUT2D eigenvalue weighted by molar-refractivity contribution is -0.129. The maximum absolute atomic E-state index is 11.0. The van der Waals surface area contributed by atoms with E-state index in [0.29, 0.717) is 5.75 Å². The van der Waals surface area contributed by atoms with Crippen LogP contribution in [0.3, 0.4) is 0 Å². The van der Waals surface area contributed by atoms with Crippen LogP contribution < -0.4 is 9.47 Å². The van der Waals surface area contributed by atoms with Gasteiger partial charge in [-0.2, -0.15) is 0 Å². The van der Waals surface area contributed by atoms with Crippen LogP contribution in [0, 0.1) is 0 Å². The monoisotopic (exact) mass is 192 g/mol. The SMILES string of the molecule is C/C=C/C(=O)Oc1ccc(OC)cc1. The van der Waals surface area contributed by atoms with E-state index in [0.717, 1.165) is 5.75 Å². The van der Waals surface area contributed by atoms with Crippen molar-refractivity contribution in [1.82, 2.24) is 0 Å². The molecule has 0 aliphatic heterocycles. The third-order valence-electron chi connectivity index (χ3n) is 1.58. The summed E-state index contributed by atoms with van der Waals surface area (Å²) < 4.78 is 9.94. The first-order valence-corrected chi connectivity index (χ1v) is 4.25. The standard InChI is InChI=1S/C11H12O3/c1-3-4-11(12)14-10-7-5-9(13-2)6-8-10/h3-8H,1-2H3/b4-3+. The molecule has 0 aromatic heterocycles. The molecule has 0 unspecified atom stereocenters. The summed E-state index contributed by atoms with van der Waals surface area (Å²) in [6.45, 7) is 1.76. The Morgan fingerprint density at radius 1 is 1.21 bits per heavy atom. The number of hydrogen-bond donors (Lipinski definition) is 0. The van der Waals surface area contributed by atoms with Crippen molar-refractivity contribution in [1.29, 1.82) is 0 Å².